The minimum absolute atomic E-state index is 0. The van der Waals surface area contributed by atoms with E-state index in [1.54, 1.807) is 83.7 Å². The Morgan fingerprint density at radius 1 is 0.523 bits per heavy atom. The molecule has 5 amide bonds. The first-order valence-electron chi connectivity index (χ1n) is 41.2. The van der Waals surface area contributed by atoms with Gasteiger partial charge in [-0.2, -0.15) is 0 Å². The average molecular weight is 2150 g/mol. The van der Waals surface area contributed by atoms with Crippen LogP contribution >= 0.6 is 96.0 Å². The van der Waals surface area contributed by atoms with Crippen molar-refractivity contribution in [2.45, 2.75) is 155 Å². The number of carbonyl (C=O) groups is 11. The van der Waals surface area contributed by atoms with Gasteiger partial charge in [0.25, 0.3) is 11.8 Å². The number of nitrogens with zero attached hydrogens (tertiary/aromatic N) is 7. The minimum atomic E-state index is -1.12. The summed E-state index contributed by atoms with van der Waals surface area (Å²) in [4.78, 5) is 150. The first kappa shape index (κ1) is 104. The van der Waals surface area contributed by atoms with Crippen molar-refractivity contribution in [3.8, 4) is 59.2 Å². The molecule has 0 spiro atoms. The van der Waals surface area contributed by atoms with Gasteiger partial charge in [-0.05, 0) is 194 Å². The van der Waals surface area contributed by atoms with Crippen molar-refractivity contribution in [1.82, 2.24) is 40.2 Å². The van der Waals surface area contributed by atoms with Gasteiger partial charge < -0.3 is 30.4 Å². The van der Waals surface area contributed by atoms with Crippen molar-refractivity contribution in [3.63, 3.8) is 0 Å². The SMILES string of the molecule is C#CCCCC(=O)c1cc(Oc2ccc(CC(=O)Cc3ccc(Cl)c(C)c3)cc2)ccn1.C#CCCN.Cc1cc(CC(=O)Cc2ccc(Oc3ccnc(C(=O)CCCc4cn(CCCCCC(=O)Nc5cccc6c5C(=O)N(C5CCC(=O)NC5=O)C6=O)nn4)c3)cc2)ccc1Cl.Cc1cc(CC(=O)Cc2ccc(Oc3ccnc(C(=O)O)c3)cc2)ccc1Cl.I.II. The molecule has 1 unspecified atom stereocenters. The van der Waals surface area contributed by atoms with Crippen LogP contribution in [-0.4, -0.2) is 117 Å². The second kappa shape index (κ2) is 53.4. The monoisotopic (exact) mass is 2150 g/mol. The van der Waals surface area contributed by atoms with E-state index in [1.165, 1.54) is 24.5 Å². The summed E-state index contributed by atoms with van der Waals surface area (Å²) >= 11 is 22.4. The number of hydrogen-bond acceptors (Lipinski definition) is 20. The number of unbranched alkanes of at least 4 members (excludes halogenated alkanes) is 3. The molecule has 7 aromatic carbocycles. The number of hydrogen-bond donors (Lipinski definition) is 4. The lowest BCUT2D eigenvalue weighted by molar-refractivity contribution is -0.136. The molecule has 672 valence electrons. The summed E-state index contributed by atoms with van der Waals surface area (Å²) in [6.07, 6.45) is 24.2. The van der Waals surface area contributed by atoms with Crippen molar-refractivity contribution in [3.05, 3.63) is 306 Å². The van der Waals surface area contributed by atoms with Crippen LogP contribution in [0.15, 0.2) is 207 Å². The number of carboxylic acids is 1. The third kappa shape index (κ3) is 33.0. The Labute approximate surface area is 809 Å². The number of carboxylic acid groups (broad SMARTS) is 1. The second-order valence-electron chi connectivity index (χ2n) is 30.1. The fourth-order valence-corrected chi connectivity index (χ4v) is 13.9. The molecule has 0 radical (unpaired) electrons. The van der Waals surface area contributed by atoms with E-state index in [1.807, 2.05) is 124 Å². The van der Waals surface area contributed by atoms with Gasteiger partial charge in [-0.3, -0.25) is 72.8 Å². The molecule has 130 heavy (non-hydrogen) atoms. The normalized spacial score (nSPS) is 12.1. The summed E-state index contributed by atoms with van der Waals surface area (Å²) in [7, 11) is 0. The molecule has 2 aliphatic heterocycles. The van der Waals surface area contributed by atoms with Gasteiger partial charge in [0.2, 0.25) is 17.7 Å². The quantitative estimate of drug-likeness (QED) is 0.00923. The zero-order valence-electron chi connectivity index (χ0n) is 71.4. The number of pyridine rings is 3. The van der Waals surface area contributed by atoms with Gasteiger partial charge in [-0.15, -0.1) is 53.8 Å². The molecule has 31 heteroatoms. The molecule has 11 aromatic rings. The molecule has 6 heterocycles. The molecule has 2 aliphatic rings. The van der Waals surface area contributed by atoms with Crippen molar-refractivity contribution >= 4 is 166 Å². The number of ketones is 5. The van der Waals surface area contributed by atoms with E-state index < -0.39 is 35.6 Å². The first-order chi connectivity index (χ1) is 62.2. The van der Waals surface area contributed by atoms with Crippen LogP contribution < -0.4 is 30.6 Å². The number of aromatic carboxylic acids is 1. The maximum atomic E-state index is 13.3. The summed E-state index contributed by atoms with van der Waals surface area (Å²) in [5, 5.41) is 24.4. The predicted molar refractivity (Wildman–Crippen MR) is 526 cm³/mol. The van der Waals surface area contributed by atoms with Crippen LogP contribution in [0.3, 0.4) is 0 Å². The Morgan fingerprint density at radius 3 is 1.38 bits per heavy atom. The van der Waals surface area contributed by atoms with Gasteiger partial charge >= 0.3 is 5.97 Å². The van der Waals surface area contributed by atoms with E-state index in [0.717, 1.165) is 73.5 Å². The van der Waals surface area contributed by atoms with E-state index in [2.05, 4.69) is 85.0 Å². The number of rotatable bonds is 37. The Kier molecular flexibility index (Phi) is 42.6. The Hall–Kier alpha value is -11.8. The zero-order chi connectivity index (χ0) is 92.9. The highest BCUT2D eigenvalue weighted by Gasteiger charge is 2.46. The number of aryl methyl sites for hydroxylation is 5. The van der Waals surface area contributed by atoms with Crippen LogP contribution in [0, 0.1) is 45.5 Å². The van der Waals surface area contributed by atoms with Crippen molar-refractivity contribution < 1.29 is 72.1 Å². The molecule has 1 saturated heterocycles. The Balaban J connectivity index is 0.000000256. The number of imide groups is 2. The molecule has 13 rings (SSSR count). The van der Waals surface area contributed by atoms with E-state index in [-0.39, 0.29) is 107 Å². The summed E-state index contributed by atoms with van der Waals surface area (Å²) in [5.41, 5.74) is 15.0. The number of nitrogens with one attached hydrogen (secondary N) is 2. The van der Waals surface area contributed by atoms with Crippen molar-refractivity contribution in [2.24, 2.45) is 5.73 Å². The van der Waals surface area contributed by atoms with Crippen LogP contribution in [-0.2, 0) is 80.3 Å². The lowest BCUT2D eigenvalue weighted by Gasteiger charge is -2.27. The number of carbonyl (C=O) groups excluding carboxylic acids is 10. The number of ether oxygens (including phenoxy) is 3. The minimum Gasteiger partial charge on any atom is -0.477 e. The summed E-state index contributed by atoms with van der Waals surface area (Å²) in [6.45, 7) is 6.95. The molecule has 0 aliphatic carbocycles. The van der Waals surface area contributed by atoms with Crippen LogP contribution in [0.4, 0.5) is 5.69 Å². The van der Waals surface area contributed by atoms with Crippen LogP contribution in [0.1, 0.15) is 185 Å². The fraction of sp³-hybridized carbons (Fsp3) is 0.253. The topological polar surface area (TPSA) is 358 Å². The number of anilines is 1. The zero-order valence-corrected chi connectivity index (χ0v) is 80.3. The van der Waals surface area contributed by atoms with E-state index in [4.69, 9.17) is 72.7 Å². The number of aromatic nitrogens is 6. The third-order valence-corrected chi connectivity index (χ3v) is 21.3. The molecular formula is C99H94Cl3I3N10O15. The largest absolute Gasteiger partial charge is 0.477 e. The number of benzene rings is 7. The highest BCUT2D eigenvalue weighted by molar-refractivity contribution is 15.0. The van der Waals surface area contributed by atoms with Crippen molar-refractivity contribution in [1.29, 1.82) is 0 Å². The van der Waals surface area contributed by atoms with Gasteiger partial charge in [0.1, 0.15) is 69.3 Å². The van der Waals surface area contributed by atoms with E-state index >= 15 is 0 Å². The highest BCUT2D eigenvalue weighted by Crippen LogP contribution is 2.34. The molecule has 0 bridgehead atoms. The average Bonchev–Trinajstić information content (AvgIpc) is 1.60. The summed E-state index contributed by atoms with van der Waals surface area (Å²) in [6, 6.07) is 51.7. The number of amides is 5. The number of piperidine rings is 1. The van der Waals surface area contributed by atoms with Gasteiger partial charge in [-0.25, -0.2) is 9.78 Å². The number of fused-ring (bicyclic) bond motifs is 1. The van der Waals surface area contributed by atoms with E-state index in [0.29, 0.717) is 158 Å². The predicted octanol–water partition coefficient (Wildman–Crippen LogP) is 20.0. The molecular weight excluding hydrogens is 2060 g/mol. The van der Waals surface area contributed by atoms with Gasteiger partial charge in [0.15, 0.2) is 17.3 Å². The highest BCUT2D eigenvalue weighted by atomic mass is 128. The number of nitrogens with two attached hydrogens (primary N) is 1. The molecule has 1 fully saturated rings. The lowest BCUT2D eigenvalue weighted by atomic mass is 10.0. The van der Waals surface area contributed by atoms with Gasteiger partial charge in [0.05, 0.1) is 22.5 Å². The van der Waals surface area contributed by atoms with Gasteiger partial charge in [0, 0.05) is 185 Å². The Bertz CT molecular complexity index is 5950. The lowest BCUT2D eigenvalue weighted by Crippen LogP contribution is -2.54. The molecule has 4 aromatic heterocycles. The second-order valence-corrected chi connectivity index (χ2v) is 31.3. The number of Topliss-reactive ketones (excluding diaryl/α,β-unsaturated/α-hetero) is 5. The summed E-state index contributed by atoms with van der Waals surface area (Å²) < 4.78 is 19.2. The smallest absolute Gasteiger partial charge is 0.354 e. The molecule has 1 atom stereocenters. The first-order valence-corrected chi connectivity index (χ1v) is 48.6. The van der Waals surface area contributed by atoms with Crippen LogP contribution in [0.25, 0.3) is 0 Å². The number of halogens is 6. The molecule has 25 nitrogen and oxygen atoms in total. The van der Waals surface area contributed by atoms with Crippen LogP contribution in [0.2, 0.25) is 15.1 Å². The standard InChI is InChI=1S/C46H44ClN7O8.C27H24ClNO3.C22H18ClNO4.C4H7N.I2.HI/c1-28-23-30(14-17-36(28)47)25-32(55)24-29-12-15-33(16-13-29)62-34-20-21-48-38(26-34)40(56)10-5-7-31-27-53(52-51-31)22-4-2-3-11-41(57)49-37-9-6-8-35-43(37)46(61)54(45(35)60)39-18-19-42(58)50-44(39)59;1-3-4-5-6-27(31)26-18-24(13-14-29-26)32-23-10-7-20(8-11-23)16-22(30)17-21-9-12-25(28)19(2)15-21;1-14-10-16(4-7-20(14)23)12-17(25)11-15-2-5-18(6-3-15)28-19-8-9-24-21(13-19)22(26)27;1-2-3-4-5;1-2;/h6,8-9,12-17,20-21,23,26-27,39H,2-5,7,10-11,18-19,22,24-25H2,1H3,(H,49,57)(H,50,58,59);1,7-15,18H,4-6,16-17H2,2H3;2-10,13H,11-12H2,1H3,(H,26,27);1H,3-5H2;;1H. The maximum Gasteiger partial charge on any atom is 0.354 e. The fourth-order valence-electron chi connectivity index (χ4n) is 13.5. The molecule has 5 N–H and O–H groups in total. The van der Waals surface area contributed by atoms with E-state index in [9.17, 15) is 52.7 Å². The Morgan fingerprint density at radius 2 is 0.954 bits per heavy atom. The van der Waals surface area contributed by atoms with Crippen LogP contribution in [0.5, 0.6) is 34.5 Å². The molecule has 0 saturated carbocycles. The third-order valence-electron chi connectivity index (χ3n) is 20.0. The van der Waals surface area contributed by atoms with Crippen molar-refractivity contribution in [2.75, 3.05) is 11.9 Å². The number of terminal acetylenes is 2. The maximum absolute atomic E-state index is 13.3. The summed E-state index contributed by atoms with van der Waals surface area (Å²) in [5.74, 6) is 4.27. The van der Waals surface area contributed by atoms with Gasteiger partial charge in [-0.1, -0.05) is 125 Å².